The van der Waals surface area contributed by atoms with Crippen molar-refractivity contribution in [3.8, 4) is 0 Å². The first-order chi connectivity index (χ1) is 8.44. The molecule has 0 fully saturated rings. The third kappa shape index (κ3) is 4.85. The van der Waals surface area contributed by atoms with Crippen LogP contribution in [0.15, 0.2) is 24.3 Å². The first-order valence-corrected chi connectivity index (χ1v) is 7.24. The summed E-state index contributed by atoms with van der Waals surface area (Å²) in [5.74, 6) is -1.19. The molecule has 1 rings (SSSR count). The Kier molecular flexibility index (Phi) is 5.30. The number of sulfone groups is 1. The van der Waals surface area contributed by atoms with E-state index in [0.717, 1.165) is 0 Å². The van der Waals surface area contributed by atoms with E-state index in [2.05, 4.69) is 0 Å². The third-order valence-corrected chi connectivity index (χ3v) is 3.97. The molecule has 0 spiro atoms. The Bertz CT molecular complexity index is 507. The maximum Gasteiger partial charge on any atom is 0.307 e. The van der Waals surface area contributed by atoms with Crippen molar-refractivity contribution in [1.82, 2.24) is 0 Å². The fraction of sp³-hybridized carbons (Fsp3) is 0.417. The smallest absolute Gasteiger partial charge is 0.307 e. The molecule has 100 valence electrons. The van der Waals surface area contributed by atoms with Gasteiger partial charge in [0.05, 0.1) is 24.5 Å². The van der Waals surface area contributed by atoms with Crippen LogP contribution in [0.25, 0.3) is 0 Å². The van der Waals surface area contributed by atoms with Gasteiger partial charge in [-0.15, -0.1) is 0 Å². The number of carbonyl (C=O) groups is 1. The molecule has 0 aliphatic carbocycles. The summed E-state index contributed by atoms with van der Waals surface area (Å²) in [5, 5.41) is 8.76. The molecular weight excluding hydrogens is 256 g/mol. The number of methoxy groups -OCH3 is 1. The largest absolute Gasteiger partial charge is 0.481 e. The van der Waals surface area contributed by atoms with Gasteiger partial charge in [-0.05, 0) is 11.1 Å². The van der Waals surface area contributed by atoms with Crippen LogP contribution in [0.2, 0.25) is 0 Å². The quantitative estimate of drug-likeness (QED) is 0.796. The van der Waals surface area contributed by atoms with Gasteiger partial charge in [0.15, 0.2) is 9.84 Å². The minimum Gasteiger partial charge on any atom is -0.481 e. The Balaban J connectivity index is 2.86. The molecule has 18 heavy (non-hydrogen) atoms. The van der Waals surface area contributed by atoms with E-state index in [1.54, 1.807) is 24.3 Å². The van der Waals surface area contributed by atoms with Crippen molar-refractivity contribution in [1.29, 1.82) is 0 Å². The Labute approximate surface area is 106 Å². The van der Waals surface area contributed by atoms with Gasteiger partial charge in [0.25, 0.3) is 0 Å². The van der Waals surface area contributed by atoms with E-state index in [1.807, 2.05) is 0 Å². The lowest BCUT2D eigenvalue weighted by atomic mass is 10.1. The zero-order valence-corrected chi connectivity index (χ0v) is 10.9. The van der Waals surface area contributed by atoms with Crippen LogP contribution in [0.1, 0.15) is 11.1 Å². The third-order valence-electron chi connectivity index (χ3n) is 2.43. The van der Waals surface area contributed by atoms with E-state index in [-0.39, 0.29) is 24.5 Å². The number of rotatable bonds is 7. The summed E-state index contributed by atoms with van der Waals surface area (Å²) in [6, 6.07) is 6.67. The van der Waals surface area contributed by atoms with Crippen LogP contribution >= 0.6 is 0 Å². The molecule has 0 saturated carbocycles. The second kappa shape index (κ2) is 6.51. The molecular formula is C12H16O5S. The fourth-order valence-electron chi connectivity index (χ4n) is 1.55. The maximum atomic E-state index is 11.8. The van der Waals surface area contributed by atoms with Crippen LogP contribution in [0.5, 0.6) is 0 Å². The lowest BCUT2D eigenvalue weighted by molar-refractivity contribution is -0.136. The van der Waals surface area contributed by atoms with Gasteiger partial charge >= 0.3 is 5.97 Å². The number of carboxylic acids is 1. The molecule has 1 aromatic rings. The molecule has 0 unspecified atom stereocenters. The van der Waals surface area contributed by atoms with E-state index in [9.17, 15) is 13.2 Å². The summed E-state index contributed by atoms with van der Waals surface area (Å²) in [5.41, 5.74) is 1.07. The first-order valence-electron chi connectivity index (χ1n) is 5.42. The Morgan fingerprint density at radius 1 is 1.28 bits per heavy atom. The van der Waals surface area contributed by atoms with Crippen molar-refractivity contribution in [3.05, 3.63) is 35.4 Å². The molecule has 0 bridgehead atoms. The summed E-state index contributed by atoms with van der Waals surface area (Å²) >= 11 is 0. The topological polar surface area (TPSA) is 80.7 Å². The molecule has 0 aliphatic heterocycles. The summed E-state index contributed by atoms with van der Waals surface area (Å²) in [7, 11) is -1.83. The van der Waals surface area contributed by atoms with Gasteiger partial charge in [-0.25, -0.2) is 8.42 Å². The van der Waals surface area contributed by atoms with E-state index in [0.29, 0.717) is 11.1 Å². The average molecular weight is 272 g/mol. The van der Waals surface area contributed by atoms with E-state index in [4.69, 9.17) is 9.84 Å². The fourth-order valence-corrected chi connectivity index (χ4v) is 2.87. The summed E-state index contributed by atoms with van der Waals surface area (Å²) in [4.78, 5) is 10.7. The Hall–Kier alpha value is -1.40. The summed E-state index contributed by atoms with van der Waals surface area (Å²) < 4.78 is 28.3. The van der Waals surface area contributed by atoms with E-state index >= 15 is 0 Å². The molecule has 6 heteroatoms. The van der Waals surface area contributed by atoms with Crippen LogP contribution in [-0.2, 0) is 31.5 Å². The molecule has 1 N–H and O–H groups in total. The Morgan fingerprint density at radius 3 is 2.44 bits per heavy atom. The lowest BCUT2D eigenvalue weighted by Crippen LogP contribution is -2.15. The molecule has 5 nitrogen and oxygen atoms in total. The van der Waals surface area contributed by atoms with Gasteiger partial charge in [-0.3, -0.25) is 4.79 Å². The maximum absolute atomic E-state index is 11.8. The van der Waals surface area contributed by atoms with Crippen molar-refractivity contribution >= 4 is 15.8 Å². The molecule has 1 aromatic carbocycles. The lowest BCUT2D eigenvalue weighted by Gasteiger charge is -2.08. The van der Waals surface area contributed by atoms with Crippen molar-refractivity contribution < 1.29 is 23.1 Å². The number of ether oxygens (including phenoxy) is 1. The molecule has 0 aromatic heterocycles. The SMILES string of the molecule is COCCS(=O)(=O)Cc1ccccc1CC(=O)O. The van der Waals surface area contributed by atoms with Crippen molar-refractivity contribution in [3.63, 3.8) is 0 Å². The van der Waals surface area contributed by atoms with Crippen LogP contribution in [0.4, 0.5) is 0 Å². The van der Waals surface area contributed by atoms with Gasteiger partial charge in [0.2, 0.25) is 0 Å². The van der Waals surface area contributed by atoms with E-state index < -0.39 is 15.8 Å². The summed E-state index contributed by atoms with van der Waals surface area (Å²) in [6.45, 7) is 0.142. The van der Waals surface area contributed by atoms with E-state index in [1.165, 1.54) is 7.11 Å². The van der Waals surface area contributed by atoms with Crippen molar-refractivity contribution in [2.75, 3.05) is 19.5 Å². The Morgan fingerprint density at radius 2 is 1.89 bits per heavy atom. The minimum atomic E-state index is -3.27. The highest BCUT2D eigenvalue weighted by Gasteiger charge is 2.15. The normalized spacial score (nSPS) is 11.4. The van der Waals surface area contributed by atoms with Gasteiger partial charge in [-0.2, -0.15) is 0 Å². The zero-order chi connectivity index (χ0) is 13.6. The molecule has 0 saturated heterocycles. The number of carboxylic acid groups (broad SMARTS) is 1. The minimum absolute atomic E-state index is 0.0646. The van der Waals surface area contributed by atoms with Crippen molar-refractivity contribution in [2.24, 2.45) is 0 Å². The van der Waals surface area contributed by atoms with Crippen LogP contribution in [0, 0.1) is 0 Å². The van der Waals surface area contributed by atoms with Crippen LogP contribution in [-0.4, -0.2) is 39.0 Å². The highest BCUT2D eigenvalue weighted by atomic mass is 32.2. The molecule has 0 atom stereocenters. The zero-order valence-electron chi connectivity index (χ0n) is 10.1. The predicted molar refractivity (Wildman–Crippen MR) is 67.1 cm³/mol. The highest BCUT2D eigenvalue weighted by molar-refractivity contribution is 7.90. The van der Waals surface area contributed by atoms with Crippen LogP contribution < -0.4 is 0 Å². The average Bonchev–Trinajstić information content (AvgIpc) is 2.28. The summed E-state index contributed by atoms with van der Waals surface area (Å²) in [6.07, 6.45) is -0.171. The molecule has 0 amide bonds. The number of hydrogen-bond donors (Lipinski definition) is 1. The van der Waals surface area contributed by atoms with Crippen molar-refractivity contribution in [2.45, 2.75) is 12.2 Å². The first kappa shape index (κ1) is 14.7. The van der Waals surface area contributed by atoms with Gasteiger partial charge in [0, 0.05) is 7.11 Å². The van der Waals surface area contributed by atoms with Gasteiger partial charge in [0.1, 0.15) is 0 Å². The van der Waals surface area contributed by atoms with Gasteiger partial charge in [-0.1, -0.05) is 24.3 Å². The molecule has 0 radical (unpaired) electrons. The number of hydrogen-bond acceptors (Lipinski definition) is 4. The van der Waals surface area contributed by atoms with Gasteiger partial charge < -0.3 is 9.84 Å². The molecule has 0 heterocycles. The predicted octanol–water partition coefficient (Wildman–Crippen LogP) is 0.875. The highest BCUT2D eigenvalue weighted by Crippen LogP contribution is 2.14. The second-order valence-corrected chi connectivity index (χ2v) is 6.11. The number of aliphatic carboxylic acids is 1. The second-order valence-electron chi connectivity index (χ2n) is 3.92. The standard InChI is InChI=1S/C12H16O5S/c1-17-6-7-18(15,16)9-11-5-3-2-4-10(11)8-12(13)14/h2-5H,6-9H2,1H3,(H,13,14). The monoisotopic (exact) mass is 272 g/mol. The number of benzene rings is 1. The molecule has 0 aliphatic rings. The van der Waals surface area contributed by atoms with Crippen LogP contribution in [0.3, 0.4) is 0 Å².